The van der Waals surface area contributed by atoms with Crippen LogP contribution in [0.3, 0.4) is 0 Å². The summed E-state index contributed by atoms with van der Waals surface area (Å²) in [6, 6.07) is 6.82. The van der Waals surface area contributed by atoms with Gasteiger partial charge in [-0.3, -0.25) is 14.1 Å². The number of carbonyl (C=O) groups excluding carboxylic acids is 1. The van der Waals surface area contributed by atoms with E-state index in [0.29, 0.717) is 22.9 Å². The highest BCUT2D eigenvalue weighted by atomic mass is 16.7. The maximum absolute atomic E-state index is 13.0. The summed E-state index contributed by atoms with van der Waals surface area (Å²) in [5, 5.41) is 8.87. The molecule has 1 amide bonds. The van der Waals surface area contributed by atoms with Crippen LogP contribution in [0.4, 0.5) is 10.6 Å². The lowest BCUT2D eigenvalue weighted by Crippen LogP contribution is -2.50. The van der Waals surface area contributed by atoms with Crippen molar-refractivity contribution in [2.24, 2.45) is 5.41 Å². The molecule has 0 aromatic carbocycles. The van der Waals surface area contributed by atoms with Gasteiger partial charge in [0.25, 0.3) is 5.95 Å². The number of pyridine rings is 1. The van der Waals surface area contributed by atoms with Crippen molar-refractivity contribution in [2.75, 3.05) is 4.90 Å². The van der Waals surface area contributed by atoms with Crippen LogP contribution in [0, 0.1) is 12.3 Å². The van der Waals surface area contributed by atoms with Gasteiger partial charge in [0.1, 0.15) is 11.3 Å². The minimum Gasteiger partial charge on any atom is -0.449 e. The predicted octanol–water partition coefficient (Wildman–Crippen LogP) is 5.53. The molecule has 0 aliphatic heterocycles. The molecular weight excluding hydrogens is 398 g/mol. The third-order valence-corrected chi connectivity index (χ3v) is 4.84. The Balaban J connectivity index is 2.26. The summed E-state index contributed by atoms with van der Waals surface area (Å²) in [4.78, 5) is 30.3. The first-order valence-electron chi connectivity index (χ1n) is 10.1. The molecule has 1 N–H and O–H groups in total. The molecule has 0 saturated carbocycles. The van der Waals surface area contributed by atoms with E-state index in [0.717, 1.165) is 12.0 Å². The van der Waals surface area contributed by atoms with Crippen molar-refractivity contribution in [3.63, 3.8) is 0 Å². The Hall–Kier alpha value is -3.29. The van der Waals surface area contributed by atoms with E-state index in [-0.39, 0.29) is 17.3 Å². The van der Waals surface area contributed by atoms with Crippen LogP contribution >= 0.6 is 0 Å². The SMILES string of the molecule is CC(=O)N(c1c(-c2ccc(OC(=O)O)o2)nc2ccc(C)cn12)C(C)(C)CC(C)(C)C. The summed E-state index contributed by atoms with van der Waals surface area (Å²) < 4.78 is 12.1. The molecule has 0 bridgehead atoms. The van der Waals surface area contributed by atoms with Gasteiger partial charge >= 0.3 is 6.16 Å². The molecule has 0 unspecified atom stereocenters. The number of aryl methyl sites for hydroxylation is 1. The minimum absolute atomic E-state index is 0.0268. The molecule has 0 radical (unpaired) electrons. The van der Waals surface area contributed by atoms with E-state index in [9.17, 15) is 9.59 Å². The summed E-state index contributed by atoms with van der Waals surface area (Å²) in [7, 11) is 0. The van der Waals surface area contributed by atoms with Crippen molar-refractivity contribution < 1.29 is 23.8 Å². The first kappa shape index (κ1) is 22.4. The molecule has 0 fully saturated rings. The van der Waals surface area contributed by atoms with Gasteiger partial charge in [-0.05, 0) is 50.3 Å². The maximum Gasteiger partial charge on any atom is 0.513 e. The van der Waals surface area contributed by atoms with Crippen LogP contribution in [-0.4, -0.2) is 32.1 Å². The fourth-order valence-electron chi connectivity index (χ4n) is 4.34. The number of aromatic nitrogens is 2. The van der Waals surface area contributed by atoms with E-state index in [2.05, 4.69) is 25.5 Å². The van der Waals surface area contributed by atoms with Gasteiger partial charge < -0.3 is 14.3 Å². The second-order valence-corrected chi connectivity index (χ2v) is 9.61. The Morgan fingerprint density at radius 1 is 1.16 bits per heavy atom. The van der Waals surface area contributed by atoms with Crippen LogP contribution in [0.1, 0.15) is 53.5 Å². The molecule has 31 heavy (non-hydrogen) atoms. The van der Waals surface area contributed by atoms with Crippen LogP contribution < -0.4 is 9.64 Å². The number of rotatable bonds is 5. The van der Waals surface area contributed by atoms with E-state index in [1.807, 2.05) is 43.5 Å². The normalized spacial score (nSPS) is 12.2. The standard InChI is InChI=1S/C23H29N3O5/c1-14-8-10-17-24-19(16-9-11-18(30-16)31-21(28)29)20(25(17)12-14)26(15(2)27)23(6,7)13-22(3,4)5/h8-12H,13H2,1-7H3,(H,28,29). The van der Waals surface area contributed by atoms with Crippen molar-refractivity contribution >= 4 is 23.5 Å². The van der Waals surface area contributed by atoms with Crippen LogP contribution in [-0.2, 0) is 4.79 Å². The van der Waals surface area contributed by atoms with E-state index in [1.54, 1.807) is 11.0 Å². The zero-order chi connectivity index (χ0) is 23.1. The zero-order valence-corrected chi connectivity index (χ0v) is 19.0. The topological polar surface area (TPSA) is 97.3 Å². The largest absolute Gasteiger partial charge is 0.513 e. The molecule has 3 aromatic rings. The molecule has 0 atom stereocenters. The number of hydrogen-bond acceptors (Lipinski definition) is 5. The smallest absolute Gasteiger partial charge is 0.449 e. The van der Waals surface area contributed by atoms with E-state index in [4.69, 9.17) is 14.5 Å². The fraction of sp³-hybridized carbons (Fsp3) is 0.435. The van der Waals surface area contributed by atoms with E-state index in [1.165, 1.54) is 13.0 Å². The minimum atomic E-state index is -1.47. The summed E-state index contributed by atoms with van der Waals surface area (Å²) in [6.45, 7) is 14.0. The Morgan fingerprint density at radius 3 is 2.42 bits per heavy atom. The summed E-state index contributed by atoms with van der Waals surface area (Å²) >= 11 is 0. The van der Waals surface area contributed by atoms with Crippen molar-refractivity contribution in [1.82, 2.24) is 9.38 Å². The monoisotopic (exact) mass is 427 g/mol. The molecule has 8 heteroatoms. The number of fused-ring (bicyclic) bond motifs is 1. The number of carboxylic acid groups (broad SMARTS) is 1. The molecule has 166 valence electrons. The number of ether oxygens (including phenoxy) is 1. The first-order valence-corrected chi connectivity index (χ1v) is 10.1. The molecule has 3 rings (SSSR count). The van der Waals surface area contributed by atoms with Gasteiger partial charge in [0.2, 0.25) is 5.91 Å². The highest BCUT2D eigenvalue weighted by Crippen LogP contribution is 2.40. The Bertz CT molecular complexity index is 1130. The van der Waals surface area contributed by atoms with Crippen LogP contribution in [0.2, 0.25) is 0 Å². The Kier molecular flexibility index (Phi) is 5.60. The van der Waals surface area contributed by atoms with Crippen LogP contribution in [0.25, 0.3) is 17.1 Å². The van der Waals surface area contributed by atoms with Gasteiger partial charge in [0, 0.05) is 24.7 Å². The summed E-state index contributed by atoms with van der Waals surface area (Å²) in [6.07, 6.45) is 1.19. The van der Waals surface area contributed by atoms with Crippen LogP contribution in [0.15, 0.2) is 34.9 Å². The summed E-state index contributed by atoms with van der Waals surface area (Å²) in [5.74, 6) is 0.583. The van der Waals surface area contributed by atoms with Gasteiger partial charge in [0.15, 0.2) is 11.6 Å². The molecule has 3 aromatic heterocycles. The first-order chi connectivity index (χ1) is 14.3. The van der Waals surface area contributed by atoms with Crippen molar-refractivity contribution in [3.05, 3.63) is 36.0 Å². The van der Waals surface area contributed by atoms with E-state index >= 15 is 0 Å². The molecule has 8 nitrogen and oxygen atoms in total. The number of hydrogen-bond donors (Lipinski definition) is 1. The number of furan rings is 1. The summed E-state index contributed by atoms with van der Waals surface area (Å²) in [5.41, 5.74) is 1.52. The number of nitrogens with zero attached hydrogens (tertiary/aromatic N) is 3. The molecule has 0 spiro atoms. The molecule has 0 aliphatic rings. The average Bonchev–Trinajstić information content (AvgIpc) is 3.16. The highest BCUT2D eigenvalue weighted by molar-refractivity contribution is 5.96. The van der Waals surface area contributed by atoms with Gasteiger partial charge in [-0.25, -0.2) is 9.78 Å². The molecule has 0 aliphatic carbocycles. The Morgan fingerprint density at radius 2 is 1.84 bits per heavy atom. The fourth-order valence-corrected chi connectivity index (χ4v) is 4.34. The quantitative estimate of drug-likeness (QED) is 0.538. The highest BCUT2D eigenvalue weighted by Gasteiger charge is 2.38. The number of amides is 1. The number of carbonyl (C=O) groups is 2. The van der Waals surface area contributed by atoms with E-state index < -0.39 is 11.7 Å². The predicted molar refractivity (Wildman–Crippen MR) is 118 cm³/mol. The number of imidazole rings is 1. The average molecular weight is 428 g/mol. The van der Waals surface area contributed by atoms with Gasteiger partial charge in [-0.1, -0.05) is 26.8 Å². The molecular formula is C23H29N3O5. The number of anilines is 1. The molecule has 0 saturated heterocycles. The second-order valence-electron chi connectivity index (χ2n) is 9.61. The third kappa shape index (κ3) is 4.73. The van der Waals surface area contributed by atoms with Gasteiger partial charge in [-0.2, -0.15) is 0 Å². The van der Waals surface area contributed by atoms with Gasteiger partial charge in [0.05, 0.1) is 0 Å². The van der Waals surface area contributed by atoms with Gasteiger partial charge in [-0.15, -0.1) is 0 Å². The van der Waals surface area contributed by atoms with Crippen molar-refractivity contribution in [1.29, 1.82) is 0 Å². The Labute approximate surface area is 181 Å². The zero-order valence-electron chi connectivity index (χ0n) is 19.0. The lowest BCUT2D eigenvalue weighted by molar-refractivity contribution is -0.117. The third-order valence-electron chi connectivity index (χ3n) is 4.84. The lowest BCUT2D eigenvalue weighted by atomic mass is 9.80. The molecule has 3 heterocycles. The maximum atomic E-state index is 13.0. The van der Waals surface area contributed by atoms with Crippen molar-refractivity contribution in [3.8, 4) is 17.4 Å². The second kappa shape index (κ2) is 7.76. The van der Waals surface area contributed by atoms with Crippen LogP contribution in [0.5, 0.6) is 5.95 Å². The van der Waals surface area contributed by atoms with Crippen molar-refractivity contribution in [2.45, 2.75) is 60.4 Å². The lowest BCUT2D eigenvalue weighted by Gasteiger charge is -2.41.